The Morgan fingerprint density at radius 3 is 2.44 bits per heavy atom. The molecule has 8 nitrogen and oxygen atoms in total. The molecule has 4 unspecified atom stereocenters. The molecule has 8 heteroatoms. The second-order valence-electron chi connectivity index (χ2n) is 11.0. The third-order valence-corrected chi connectivity index (χ3v) is 8.71. The summed E-state index contributed by atoms with van der Waals surface area (Å²) in [4.78, 5) is 67.4. The number of imide groups is 1. The molecule has 208 valence electrons. The van der Waals surface area contributed by atoms with Crippen LogP contribution < -0.4 is 9.64 Å². The minimum Gasteiger partial charge on any atom is -0.504 e. The summed E-state index contributed by atoms with van der Waals surface area (Å²) in [5.74, 6) is -3.45. The second kappa shape index (κ2) is 9.80. The van der Waals surface area contributed by atoms with Crippen LogP contribution in [0.2, 0.25) is 0 Å². The SMILES string of the molecule is CCOc1cc(C2C3=CCC4C(=O)N(c5ccc(C(C)=O)cc5)C(=O)C4C3CC3=C2C(=O)C(C)=CC3=O)ccc1O. The van der Waals surface area contributed by atoms with Crippen molar-refractivity contribution in [2.24, 2.45) is 17.8 Å². The summed E-state index contributed by atoms with van der Waals surface area (Å²) in [5, 5.41) is 10.3. The first-order valence-electron chi connectivity index (χ1n) is 13.8. The lowest BCUT2D eigenvalue weighted by molar-refractivity contribution is -0.123. The Labute approximate surface area is 237 Å². The van der Waals surface area contributed by atoms with Crippen LogP contribution in [-0.4, -0.2) is 40.9 Å². The number of hydrogen-bond acceptors (Lipinski definition) is 7. The lowest BCUT2D eigenvalue weighted by atomic mass is 9.59. The molecular weight excluding hydrogens is 522 g/mol. The van der Waals surface area contributed by atoms with Crippen LogP contribution in [0.4, 0.5) is 5.69 Å². The van der Waals surface area contributed by atoms with E-state index in [9.17, 15) is 29.1 Å². The highest BCUT2D eigenvalue weighted by atomic mass is 16.5. The number of aromatic hydroxyl groups is 1. The zero-order valence-corrected chi connectivity index (χ0v) is 23.0. The summed E-state index contributed by atoms with van der Waals surface area (Å²) in [7, 11) is 0. The van der Waals surface area contributed by atoms with E-state index in [2.05, 4.69) is 0 Å². The van der Waals surface area contributed by atoms with Crippen molar-refractivity contribution in [3.63, 3.8) is 0 Å². The maximum absolute atomic E-state index is 14.0. The number of fused-ring (bicyclic) bond motifs is 3. The van der Waals surface area contributed by atoms with E-state index in [0.29, 0.717) is 46.6 Å². The van der Waals surface area contributed by atoms with Gasteiger partial charge in [0, 0.05) is 28.2 Å². The average Bonchev–Trinajstić information content (AvgIpc) is 3.21. The smallest absolute Gasteiger partial charge is 0.238 e. The number of anilines is 1. The molecule has 1 aliphatic heterocycles. The highest BCUT2D eigenvalue weighted by Crippen LogP contribution is 2.55. The summed E-state index contributed by atoms with van der Waals surface area (Å²) in [6, 6.07) is 11.3. The zero-order chi connectivity index (χ0) is 29.2. The van der Waals surface area contributed by atoms with Crippen molar-refractivity contribution in [1.29, 1.82) is 0 Å². The number of nitrogens with zero attached hydrogens (tertiary/aromatic N) is 1. The van der Waals surface area contributed by atoms with E-state index in [4.69, 9.17) is 4.74 Å². The summed E-state index contributed by atoms with van der Waals surface area (Å²) >= 11 is 0. The van der Waals surface area contributed by atoms with Gasteiger partial charge in [-0.05, 0) is 87.6 Å². The molecular formula is C33H29NO7. The zero-order valence-electron chi connectivity index (χ0n) is 23.0. The summed E-state index contributed by atoms with van der Waals surface area (Å²) in [6.07, 6.45) is 3.79. The van der Waals surface area contributed by atoms with Crippen LogP contribution in [0.1, 0.15) is 55.5 Å². The van der Waals surface area contributed by atoms with Gasteiger partial charge in [0.05, 0.1) is 24.1 Å². The number of hydrogen-bond donors (Lipinski definition) is 1. The number of benzene rings is 2. The fraction of sp³-hybridized carbons (Fsp3) is 0.303. The van der Waals surface area contributed by atoms with Gasteiger partial charge in [-0.1, -0.05) is 17.7 Å². The number of carbonyl (C=O) groups excluding carboxylic acids is 5. The van der Waals surface area contributed by atoms with Crippen LogP contribution in [0.15, 0.2) is 76.9 Å². The van der Waals surface area contributed by atoms with Crippen molar-refractivity contribution in [2.45, 2.75) is 39.5 Å². The monoisotopic (exact) mass is 551 g/mol. The van der Waals surface area contributed by atoms with E-state index < -0.39 is 23.7 Å². The maximum Gasteiger partial charge on any atom is 0.238 e. The van der Waals surface area contributed by atoms with Gasteiger partial charge in [-0.15, -0.1) is 0 Å². The Hall–Kier alpha value is -4.59. The van der Waals surface area contributed by atoms with E-state index in [0.717, 1.165) is 5.57 Å². The van der Waals surface area contributed by atoms with Gasteiger partial charge in [0.15, 0.2) is 28.8 Å². The molecule has 2 aromatic carbocycles. The first-order chi connectivity index (χ1) is 19.6. The van der Waals surface area contributed by atoms with Crippen LogP contribution in [-0.2, 0) is 19.2 Å². The van der Waals surface area contributed by atoms with Gasteiger partial charge in [0.2, 0.25) is 11.8 Å². The van der Waals surface area contributed by atoms with Gasteiger partial charge in [0.1, 0.15) is 0 Å². The van der Waals surface area contributed by atoms with Crippen LogP contribution in [0, 0.1) is 17.8 Å². The molecule has 0 aromatic heterocycles. The van der Waals surface area contributed by atoms with Crippen LogP contribution >= 0.6 is 0 Å². The fourth-order valence-corrected chi connectivity index (χ4v) is 6.82. The molecule has 1 N–H and O–H groups in total. The number of amides is 2. The molecule has 2 aromatic rings. The largest absolute Gasteiger partial charge is 0.504 e. The number of Topliss-reactive ketones (excluding diaryl/α,β-unsaturated/α-hetero) is 2. The van der Waals surface area contributed by atoms with Gasteiger partial charge in [-0.2, -0.15) is 0 Å². The Morgan fingerprint density at radius 2 is 1.76 bits per heavy atom. The molecule has 1 fully saturated rings. The average molecular weight is 552 g/mol. The molecule has 0 bridgehead atoms. The predicted octanol–water partition coefficient (Wildman–Crippen LogP) is 4.63. The minimum absolute atomic E-state index is 0.0417. The van der Waals surface area contributed by atoms with Crippen molar-refractivity contribution in [1.82, 2.24) is 0 Å². The van der Waals surface area contributed by atoms with Crippen LogP contribution in [0.3, 0.4) is 0 Å². The van der Waals surface area contributed by atoms with Gasteiger partial charge in [0.25, 0.3) is 0 Å². The quantitative estimate of drug-likeness (QED) is 0.249. The van der Waals surface area contributed by atoms with Gasteiger partial charge >= 0.3 is 0 Å². The molecule has 4 aliphatic rings. The molecule has 0 spiro atoms. The molecule has 4 atom stereocenters. The normalized spacial score (nSPS) is 25.4. The Morgan fingerprint density at radius 1 is 1.02 bits per heavy atom. The number of phenols is 1. The van der Waals surface area contributed by atoms with E-state index in [1.165, 1.54) is 24.0 Å². The number of rotatable bonds is 5. The van der Waals surface area contributed by atoms with Crippen molar-refractivity contribution in [3.8, 4) is 11.5 Å². The van der Waals surface area contributed by atoms with Crippen molar-refractivity contribution in [2.75, 3.05) is 11.5 Å². The number of allylic oxidation sites excluding steroid dienone is 6. The summed E-state index contributed by atoms with van der Waals surface area (Å²) in [6.45, 7) is 5.19. The molecule has 3 aliphatic carbocycles. The number of ether oxygens (including phenoxy) is 1. The molecule has 0 radical (unpaired) electrons. The first kappa shape index (κ1) is 26.6. The molecule has 2 amide bonds. The second-order valence-corrected chi connectivity index (χ2v) is 11.0. The lowest BCUT2D eigenvalue weighted by Crippen LogP contribution is -2.39. The molecule has 1 saturated heterocycles. The molecule has 6 rings (SSSR count). The first-order valence-corrected chi connectivity index (χ1v) is 13.8. The predicted molar refractivity (Wildman–Crippen MR) is 150 cm³/mol. The maximum atomic E-state index is 14.0. The Kier molecular flexibility index (Phi) is 6.36. The van der Waals surface area contributed by atoms with Crippen molar-refractivity contribution >= 4 is 34.9 Å². The number of ketones is 3. The summed E-state index contributed by atoms with van der Waals surface area (Å²) in [5.41, 5.74) is 3.47. The Bertz CT molecular complexity index is 1640. The third kappa shape index (κ3) is 4.08. The van der Waals surface area contributed by atoms with E-state index >= 15 is 0 Å². The topological polar surface area (TPSA) is 118 Å². The highest BCUT2D eigenvalue weighted by Gasteiger charge is 2.56. The highest BCUT2D eigenvalue weighted by molar-refractivity contribution is 6.25. The standard InChI is InChI=1S/C33H29NO7/c1-4-41-27-14-19(7-12-25(27)36)28-21-10-11-22-29(23(21)15-24-26(37)13-16(2)31(38)30(24)28)33(40)34(32(22)39)20-8-5-18(6-9-20)17(3)35/h5-10,12-14,22-23,28-29,36H,4,11,15H2,1-3H3. The van der Waals surface area contributed by atoms with E-state index in [1.807, 2.05) is 6.08 Å². The number of phenolic OH excluding ortho intramolecular Hbond substituents is 1. The van der Waals surface area contributed by atoms with Crippen molar-refractivity contribution in [3.05, 3.63) is 88.0 Å². The molecule has 0 saturated carbocycles. The van der Waals surface area contributed by atoms with Gasteiger partial charge in [-0.3, -0.25) is 28.9 Å². The number of carbonyl (C=O) groups is 5. The van der Waals surface area contributed by atoms with Crippen LogP contribution in [0.25, 0.3) is 0 Å². The lowest BCUT2D eigenvalue weighted by Gasteiger charge is -2.42. The van der Waals surface area contributed by atoms with E-state index in [-0.39, 0.29) is 47.1 Å². The third-order valence-electron chi connectivity index (χ3n) is 8.71. The minimum atomic E-state index is -0.704. The van der Waals surface area contributed by atoms with Gasteiger partial charge < -0.3 is 9.84 Å². The van der Waals surface area contributed by atoms with Gasteiger partial charge in [-0.25, -0.2) is 0 Å². The fourth-order valence-electron chi connectivity index (χ4n) is 6.82. The molecule has 1 heterocycles. The Balaban J connectivity index is 1.46. The van der Waals surface area contributed by atoms with Crippen LogP contribution in [0.5, 0.6) is 11.5 Å². The summed E-state index contributed by atoms with van der Waals surface area (Å²) < 4.78 is 5.62. The molecule has 41 heavy (non-hydrogen) atoms. The van der Waals surface area contributed by atoms with E-state index in [1.54, 1.807) is 50.2 Å². The van der Waals surface area contributed by atoms with Crippen molar-refractivity contribution < 1.29 is 33.8 Å².